The Morgan fingerprint density at radius 1 is 1.43 bits per heavy atom. The monoisotopic (exact) mass is 173 g/mol. The zero-order valence-electron chi connectivity index (χ0n) is 5.36. The van der Waals surface area contributed by atoms with Gasteiger partial charge in [0.15, 0.2) is 0 Å². The Hall–Kier alpha value is 0.714. The van der Waals surface area contributed by atoms with Crippen molar-refractivity contribution in [3.8, 4) is 0 Å². The van der Waals surface area contributed by atoms with Crippen LogP contribution in [0, 0.1) is 14.4 Å². The van der Waals surface area contributed by atoms with Gasteiger partial charge in [-0.3, -0.25) is 0 Å². The molecule has 0 bridgehead atoms. The molecule has 0 fully saturated rings. The molecule has 1 heteroatoms. The molecule has 0 unspecified atom stereocenters. The predicted octanol–water partition coefficient (Wildman–Crippen LogP) is 2.23. The molecule has 0 nitrogen and oxygen atoms in total. The third kappa shape index (κ3) is 20.3. The van der Waals surface area contributed by atoms with Crippen LogP contribution in [0.1, 0.15) is 13.8 Å². The van der Waals surface area contributed by atoms with Gasteiger partial charge in [0.2, 0.25) is 0 Å². The fourth-order valence-corrected chi connectivity index (χ4v) is 0. The van der Waals surface area contributed by atoms with Gasteiger partial charge in [-0.05, 0) is 0 Å². The molecule has 0 aromatic heterocycles. The average Bonchev–Trinajstić information content (AvgIpc) is 1.38. The average molecular weight is 173 g/mol. The van der Waals surface area contributed by atoms with Crippen molar-refractivity contribution in [2.75, 3.05) is 0 Å². The minimum absolute atomic E-state index is 0. The van der Waals surface area contributed by atoms with Gasteiger partial charge in [0.05, 0.1) is 0 Å². The summed E-state index contributed by atoms with van der Waals surface area (Å²) in [5, 5.41) is 0. The van der Waals surface area contributed by atoms with Gasteiger partial charge in [-0.2, -0.15) is 0 Å². The molecule has 0 atom stereocenters. The molecule has 0 aromatic rings. The molecule has 0 rings (SSSR count). The first-order valence-corrected chi connectivity index (χ1v) is 1.70. The van der Waals surface area contributed by atoms with Crippen LogP contribution in [0.2, 0.25) is 0 Å². The van der Waals surface area contributed by atoms with Crippen molar-refractivity contribution < 1.29 is 32.7 Å². The van der Waals surface area contributed by atoms with E-state index in [0.717, 1.165) is 0 Å². The minimum atomic E-state index is 0. The molecule has 0 spiro atoms. The molecule has 0 aromatic carbocycles. The summed E-state index contributed by atoms with van der Waals surface area (Å²) in [4.78, 5) is 0. The number of hydrogen-bond acceptors (Lipinski definition) is 0. The molecule has 0 saturated carbocycles. The molecule has 0 N–H and O–H groups in total. The van der Waals surface area contributed by atoms with Crippen molar-refractivity contribution in [1.29, 1.82) is 0 Å². The van der Waals surface area contributed by atoms with Gasteiger partial charge in [-0.25, -0.2) is 18.6 Å². The predicted molar refractivity (Wildman–Crippen MR) is 31.2 cm³/mol. The second-order valence-corrected chi connectivity index (χ2v) is 1.28. The Labute approximate surface area is 72.3 Å². The van der Waals surface area contributed by atoms with Crippen molar-refractivity contribution in [2.45, 2.75) is 13.8 Å². The van der Waals surface area contributed by atoms with Gasteiger partial charge in [-0.1, -0.05) is 0 Å². The Morgan fingerprint density at radius 2 is 1.57 bits per heavy atom. The van der Waals surface area contributed by atoms with Crippen LogP contribution in [-0.4, -0.2) is 0 Å². The van der Waals surface area contributed by atoms with Crippen LogP contribution in [0.5, 0.6) is 0 Å². The van der Waals surface area contributed by atoms with Gasteiger partial charge >= 0.3 is 0 Å². The van der Waals surface area contributed by atoms with Crippen molar-refractivity contribution in [3.63, 3.8) is 0 Å². The first-order valence-electron chi connectivity index (χ1n) is 1.70. The van der Waals surface area contributed by atoms with E-state index in [1.165, 1.54) is 5.57 Å². The molecule has 0 amide bonds. The number of rotatable bonds is 0. The van der Waals surface area contributed by atoms with Gasteiger partial charge in [-0.15, -0.1) is 13.8 Å². The van der Waals surface area contributed by atoms with E-state index in [1.54, 1.807) is 0 Å². The summed E-state index contributed by atoms with van der Waals surface area (Å²) < 4.78 is 0. The SMILES string of the molecule is [CH2-]C=C(C)C.[CH3-].[Y]. The van der Waals surface area contributed by atoms with E-state index in [-0.39, 0.29) is 40.1 Å². The van der Waals surface area contributed by atoms with Crippen LogP contribution < -0.4 is 0 Å². The van der Waals surface area contributed by atoms with Crippen LogP contribution in [0.4, 0.5) is 0 Å². The van der Waals surface area contributed by atoms with Crippen LogP contribution in [0.15, 0.2) is 11.6 Å². The van der Waals surface area contributed by atoms with E-state index in [1.807, 2.05) is 19.9 Å². The maximum atomic E-state index is 3.52. The standard InChI is InChI=1S/C5H9.CH3.Y/c1-4-5(2)3;;/h4H,1H2,2-3H3;1H3;/q2*-1;. The van der Waals surface area contributed by atoms with E-state index >= 15 is 0 Å². The summed E-state index contributed by atoms with van der Waals surface area (Å²) in [5.74, 6) is 0. The van der Waals surface area contributed by atoms with Gasteiger partial charge in [0.25, 0.3) is 0 Å². The zero-order valence-corrected chi connectivity index (χ0v) is 8.20. The molecule has 0 aliphatic carbocycles. The maximum Gasteiger partial charge on any atom is 0 e. The van der Waals surface area contributed by atoms with Gasteiger partial charge < -0.3 is 7.43 Å². The molecule has 0 aliphatic heterocycles. The second kappa shape index (κ2) is 9.86. The third-order valence-electron chi connectivity index (χ3n) is 0.408. The molecule has 1 radical (unpaired) electrons. The summed E-state index contributed by atoms with van der Waals surface area (Å²) >= 11 is 0. The smallest absolute Gasteiger partial charge is 0 e. The van der Waals surface area contributed by atoms with Gasteiger partial charge in [0.1, 0.15) is 0 Å². The summed E-state index contributed by atoms with van der Waals surface area (Å²) in [6, 6.07) is 0. The summed E-state index contributed by atoms with van der Waals surface area (Å²) in [7, 11) is 0. The summed E-state index contributed by atoms with van der Waals surface area (Å²) in [6.07, 6.45) is 1.83. The Kier molecular flexibility index (Phi) is 22.1. The fraction of sp³-hybridized carbons (Fsp3) is 0.333. The first kappa shape index (κ1) is 15.6. The van der Waals surface area contributed by atoms with E-state index in [2.05, 4.69) is 6.92 Å². The van der Waals surface area contributed by atoms with Crippen molar-refractivity contribution in [3.05, 3.63) is 26.0 Å². The Balaban J connectivity index is -0.0000000800. The molecule has 0 heterocycles. The Bertz CT molecular complexity index is 42.1. The molecular formula is C6H12Y-2. The molecule has 0 saturated heterocycles. The summed E-state index contributed by atoms with van der Waals surface area (Å²) in [5.41, 5.74) is 1.27. The van der Waals surface area contributed by atoms with E-state index in [9.17, 15) is 0 Å². The third-order valence-corrected chi connectivity index (χ3v) is 0.408. The number of allylic oxidation sites excluding steroid dienone is 2. The van der Waals surface area contributed by atoms with E-state index < -0.39 is 0 Å². The molecule has 41 valence electrons. The molecule has 0 aliphatic rings. The first-order chi connectivity index (χ1) is 2.27. The summed E-state index contributed by atoms with van der Waals surface area (Å²) in [6.45, 7) is 7.56. The normalized spacial score (nSPS) is 4.86. The maximum absolute atomic E-state index is 3.52. The van der Waals surface area contributed by atoms with Crippen LogP contribution in [0.3, 0.4) is 0 Å². The van der Waals surface area contributed by atoms with Crippen LogP contribution >= 0.6 is 0 Å². The van der Waals surface area contributed by atoms with Crippen molar-refractivity contribution in [1.82, 2.24) is 0 Å². The van der Waals surface area contributed by atoms with E-state index in [4.69, 9.17) is 0 Å². The topological polar surface area (TPSA) is 0 Å². The van der Waals surface area contributed by atoms with E-state index in [0.29, 0.717) is 0 Å². The fourth-order valence-electron chi connectivity index (χ4n) is 0. The number of hydrogen-bond donors (Lipinski definition) is 0. The van der Waals surface area contributed by atoms with Crippen molar-refractivity contribution in [2.24, 2.45) is 0 Å². The molecule has 7 heavy (non-hydrogen) atoms. The van der Waals surface area contributed by atoms with Crippen LogP contribution in [0.25, 0.3) is 0 Å². The van der Waals surface area contributed by atoms with Gasteiger partial charge in [0, 0.05) is 32.7 Å². The molecular weight excluding hydrogens is 161 g/mol. The Morgan fingerprint density at radius 3 is 1.57 bits per heavy atom. The zero-order chi connectivity index (χ0) is 4.28. The van der Waals surface area contributed by atoms with Crippen molar-refractivity contribution >= 4 is 0 Å². The quantitative estimate of drug-likeness (QED) is 0.493. The second-order valence-electron chi connectivity index (χ2n) is 1.28. The minimum Gasteiger partial charge on any atom is -0.358 e. The largest absolute Gasteiger partial charge is 0.358 e. The van der Waals surface area contributed by atoms with Crippen LogP contribution in [-0.2, 0) is 32.7 Å².